The highest BCUT2D eigenvalue weighted by atomic mass is 16.5. The molecule has 0 radical (unpaired) electrons. The van der Waals surface area contributed by atoms with Gasteiger partial charge in [-0.2, -0.15) is 0 Å². The van der Waals surface area contributed by atoms with Gasteiger partial charge in [-0.3, -0.25) is 4.79 Å². The van der Waals surface area contributed by atoms with E-state index in [9.17, 15) is 4.79 Å². The summed E-state index contributed by atoms with van der Waals surface area (Å²) in [5.74, 6) is 1.38. The number of nitrogens with zero attached hydrogens (tertiary/aromatic N) is 1. The van der Waals surface area contributed by atoms with Crippen molar-refractivity contribution in [3.8, 4) is 11.6 Å². The summed E-state index contributed by atoms with van der Waals surface area (Å²) in [6, 6.07) is 10.1. The Morgan fingerprint density at radius 1 is 1.25 bits per heavy atom. The predicted molar refractivity (Wildman–Crippen MR) is 95.1 cm³/mol. The van der Waals surface area contributed by atoms with E-state index < -0.39 is 0 Å². The van der Waals surface area contributed by atoms with Gasteiger partial charge in [-0.05, 0) is 61.1 Å². The van der Waals surface area contributed by atoms with E-state index in [0.29, 0.717) is 5.88 Å². The summed E-state index contributed by atoms with van der Waals surface area (Å²) in [5.41, 5.74) is 3.79. The number of aryl methyl sites for hydroxylation is 2. The summed E-state index contributed by atoms with van der Waals surface area (Å²) in [4.78, 5) is 15.3. The first-order valence-corrected chi connectivity index (χ1v) is 8.31. The van der Waals surface area contributed by atoms with Crippen molar-refractivity contribution < 1.29 is 9.53 Å². The van der Waals surface area contributed by atoms with Gasteiger partial charge < -0.3 is 10.1 Å². The molecule has 0 fully saturated rings. The maximum atomic E-state index is 11.0. The van der Waals surface area contributed by atoms with E-state index in [1.807, 2.05) is 37.3 Å². The SMILES string of the molecule is CC(=O)N[C@@H](C)/C=C/c1ccc(Oc2ccc3c(c2)CCC3)nc1. The highest BCUT2D eigenvalue weighted by molar-refractivity contribution is 5.73. The van der Waals surface area contributed by atoms with Gasteiger partial charge in [0.15, 0.2) is 0 Å². The highest BCUT2D eigenvalue weighted by Gasteiger charge is 2.11. The number of amides is 1. The minimum Gasteiger partial charge on any atom is -0.439 e. The van der Waals surface area contributed by atoms with Crippen molar-refractivity contribution in [3.63, 3.8) is 0 Å². The van der Waals surface area contributed by atoms with Crippen LogP contribution in [0.15, 0.2) is 42.6 Å². The fraction of sp³-hybridized carbons (Fsp3) is 0.300. The largest absolute Gasteiger partial charge is 0.439 e. The van der Waals surface area contributed by atoms with E-state index in [1.165, 1.54) is 30.9 Å². The Morgan fingerprint density at radius 3 is 2.83 bits per heavy atom. The van der Waals surface area contributed by atoms with Crippen LogP contribution in [0, 0.1) is 0 Å². The molecule has 24 heavy (non-hydrogen) atoms. The van der Waals surface area contributed by atoms with Crippen LogP contribution in [0.3, 0.4) is 0 Å². The normalized spacial score (nSPS) is 14.4. The number of carbonyl (C=O) groups is 1. The fourth-order valence-electron chi connectivity index (χ4n) is 2.91. The van der Waals surface area contributed by atoms with Gasteiger partial charge in [0, 0.05) is 25.2 Å². The molecule has 0 aliphatic heterocycles. The molecule has 0 unspecified atom stereocenters. The second kappa shape index (κ2) is 7.30. The van der Waals surface area contributed by atoms with Crippen LogP contribution in [0.5, 0.6) is 11.6 Å². The van der Waals surface area contributed by atoms with Gasteiger partial charge in [0.25, 0.3) is 0 Å². The first kappa shape index (κ1) is 16.2. The lowest BCUT2D eigenvalue weighted by molar-refractivity contribution is -0.119. The summed E-state index contributed by atoms with van der Waals surface area (Å²) in [5, 5.41) is 2.81. The molecule has 1 aliphatic rings. The lowest BCUT2D eigenvalue weighted by Gasteiger charge is -2.08. The highest BCUT2D eigenvalue weighted by Crippen LogP contribution is 2.28. The van der Waals surface area contributed by atoms with Gasteiger partial charge in [0.2, 0.25) is 11.8 Å². The van der Waals surface area contributed by atoms with Crippen LogP contribution in [-0.4, -0.2) is 16.9 Å². The maximum Gasteiger partial charge on any atom is 0.219 e. The zero-order valence-electron chi connectivity index (χ0n) is 14.1. The van der Waals surface area contributed by atoms with E-state index >= 15 is 0 Å². The summed E-state index contributed by atoms with van der Waals surface area (Å²) < 4.78 is 5.84. The van der Waals surface area contributed by atoms with Crippen LogP contribution in [0.2, 0.25) is 0 Å². The lowest BCUT2D eigenvalue weighted by Crippen LogP contribution is -2.28. The molecule has 124 valence electrons. The molecule has 3 rings (SSSR count). The van der Waals surface area contributed by atoms with Crippen LogP contribution < -0.4 is 10.1 Å². The molecule has 1 atom stereocenters. The second-order valence-electron chi connectivity index (χ2n) is 6.16. The summed E-state index contributed by atoms with van der Waals surface area (Å²) in [7, 11) is 0. The van der Waals surface area contributed by atoms with E-state index in [0.717, 1.165) is 17.7 Å². The van der Waals surface area contributed by atoms with Crippen molar-refractivity contribution in [1.82, 2.24) is 10.3 Å². The van der Waals surface area contributed by atoms with E-state index in [1.54, 1.807) is 6.20 Å². The van der Waals surface area contributed by atoms with Crippen molar-refractivity contribution in [1.29, 1.82) is 0 Å². The molecular weight excluding hydrogens is 300 g/mol. The van der Waals surface area contributed by atoms with Gasteiger partial charge in [-0.15, -0.1) is 0 Å². The Labute approximate surface area is 142 Å². The molecule has 0 spiro atoms. The quantitative estimate of drug-likeness (QED) is 0.908. The van der Waals surface area contributed by atoms with Crippen LogP contribution in [-0.2, 0) is 17.6 Å². The molecule has 0 saturated heterocycles. The standard InChI is InChI=1S/C20H22N2O2/c1-14(22-15(2)23)6-7-16-8-11-20(21-13-16)24-19-10-9-17-4-3-5-18(17)12-19/h6-14H,3-5H2,1-2H3,(H,22,23)/b7-6+/t14-/m0/s1. The molecule has 1 heterocycles. The Morgan fingerprint density at radius 2 is 2.08 bits per heavy atom. The first-order chi connectivity index (χ1) is 11.6. The third kappa shape index (κ3) is 4.22. The smallest absolute Gasteiger partial charge is 0.219 e. The Hall–Kier alpha value is -2.62. The van der Waals surface area contributed by atoms with Crippen molar-refractivity contribution in [2.24, 2.45) is 0 Å². The van der Waals surface area contributed by atoms with Crippen LogP contribution in [0.4, 0.5) is 0 Å². The number of hydrogen-bond acceptors (Lipinski definition) is 3. The molecule has 1 N–H and O–H groups in total. The third-order valence-corrected chi connectivity index (χ3v) is 4.06. The van der Waals surface area contributed by atoms with Gasteiger partial charge in [-0.1, -0.05) is 18.2 Å². The monoisotopic (exact) mass is 322 g/mol. The molecule has 0 saturated carbocycles. The number of fused-ring (bicyclic) bond motifs is 1. The molecule has 1 aliphatic carbocycles. The molecule has 1 aromatic heterocycles. The average molecular weight is 322 g/mol. The molecule has 2 aromatic rings. The van der Waals surface area contributed by atoms with Crippen molar-refractivity contribution in [2.75, 3.05) is 0 Å². The number of aromatic nitrogens is 1. The minimum absolute atomic E-state index is 0.00941. The number of hydrogen-bond donors (Lipinski definition) is 1. The topological polar surface area (TPSA) is 51.2 Å². The average Bonchev–Trinajstić information content (AvgIpc) is 3.01. The third-order valence-electron chi connectivity index (χ3n) is 4.06. The van der Waals surface area contributed by atoms with Gasteiger partial charge in [-0.25, -0.2) is 4.98 Å². The molecule has 0 bridgehead atoms. The van der Waals surface area contributed by atoms with E-state index in [-0.39, 0.29) is 11.9 Å². The molecule has 4 nitrogen and oxygen atoms in total. The molecule has 4 heteroatoms. The molecule has 1 aromatic carbocycles. The number of nitrogens with one attached hydrogen (secondary N) is 1. The number of benzene rings is 1. The van der Waals surface area contributed by atoms with Crippen molar-refractivity contribution in [3.05, 3.63) is 59.3 Å². The van der Waals surface area contributed by atoms with Crippen LogP contribution >= 0.6 is 0 Å². The summed E-state index contributed by atoms with van der Waals surface area (Å²) in [6.45, 7) is 3.44. The zero-order valence-corrected chi connectivity index (χ0v) is 14.1. The number of carbonyl (C=O) groups excluding carboxylic acids is 1. The van der Waals surface area contributed by atoms with Crippen LogP contribution in [0.1, 0.15) is 37.0 Å². The summed E-state index contributed by atoms with van der Waals surface area (Å²) in [6.07, 6.45) is 9.17. The molecular formula is C20H22N2O2. The predicted octanol–water partition coefficient (Wildman–Crippen LogP) is 3.90. The van der Waals surface area contributed by atoms with Gasteiger partial charge >= 0.3 is 0 Å². The maximum absolute atomic E-state index is 11.0. The molecule has 1 amide bonds. The van der Waals surface area contributed by atoms with Crippen molar-refractivity contribution >= 4 is 12.0 Å². The minimum atomic E-state index is -0.0385. The van der Waals surface area contributed by atoms with Crippen LogP contribution in [0.25, 0.3) is 6.08 Å². The zero-order chi connectivity index (χ0) is 16.9. The summed E-state index contributed by atoms with van der Waals surface area (Å²) >= 11 is 0. The number of ether oxygens (including phenoxy) is 1. The van der Waals surface area contributed by atoms with Crippen molar-refractivity contribution in [2.45, 2.75) is 39.2 Å². The Bertz CT molecular complexity index is 751. The Balaban J connectivity index is 1.62. The first-order valence-electron chi connectivity index (χ1n) is 8.31. The second-order valence-corrected chi connectivity index (χ2v) is 6.16. The fourth-order valence-corrected chi connectivity index (χ4v) is 2.91. The van der Waals surface area contributed by atoms with Gasteiger partial charge in [0.1, 0.15) is 5.75 Å². The lowest BCUT2D eigenvalue weighted by atomic mass is 10.1. The Kier molecular flexibility index (Phi) is 4.94. The number of rotatable bonds is 5. The van der Waals surface area contributed by atoms with E-state index in [2.05, 4.69) is 22.4 Å². The van der Waals surface area contributed by atoms with E-state index in [4.69, 9.17) is 4.74 Å². The number of pyridine rings is 1. The van der Waals surface area contributed by atoms with Gasteiger partial charge in [0.05, 0.1) is 0 Å².